The second-order valence-corrected chi connectivity index (χ2v) is 4.91. The Morgan fingerprint density at radius 1 is 1.29 bits per heavy atom. The highest BCUT2D eigenvalue weighted by Gasteiger charge is 2.29. The Morgan fingerprint density at radius 2 is 2.05 bits per heavy atom. The number of hydrogen-bond donors (Lipinski definition) is 2. The largest absolute Gasteiger partial charge is 0.506 e. The quantitative estimate of drug-likeness (QED) is 0.672. The number of halogens is 3. The number of carbonyl (C=O) groups excluding carboxylic acids is 1. The Morgan fingerprint density at radius 3 is 2.67 bits per heavy atom. The lowest BCUT2D eigenvalue weighted by atomic mass is 10.3. The summed E-state index contributed by atoms with van der Waals surface area (Å²) in [5.41, 5.74) is -4.62. The molecule has 21 heavy (non-hydrogen) atoms. The maximum absolute atomic E-state index is 12.3. The van der Waals surface area contributed by atoms with Gasteiger partial charge in [0.25, 0.3) is 5.91 Å². The predicted molar refractivity (Wildman–Crippen MR) is 70.0 cm³/mol. The molecule has 1 aromatic carbocycles. The fourth-order valence-electron chi connectivity index (χ4n) is 1.42. The minimum atomic E-state index is -4.46. The molecule has 9 heteroatoms. The summed E-state index contributed by atoms with van der Waals surface area (Å²) < 4.78 is 36.9. The predicted octanol–water partition coefficient (Wildman–Crippen LogP) is 3.05. The monoisotopic (exact) mass is 315 g/mol. The van der Waals surface area contributed by atoms with Crippen molar-refractivity contribution >= 4 is 23.4 Å². The minimum absolute atomic E-state index is 0.0224. The summed E-state index contributed by atoms with van der Waals surface area (Å²) in [6, 6.07) is 3.20. The molecule has 2 N–H and O–H groups in total. The molecule has 0 bridgehead atoms. The second kappa shape index (κ2) is 6.00. The summed E-state index contributed by atoms with van der Waals surface area (Å²) >= 11 is -0.344. The Hall–Kier alpha value is -2.29. The average molecular weight is 315 g/mol. The van der Waals surface area contributed by atoms with E-state index >= 15 is 0 Å². The van der Waals surface area contributed by atoms with Crippen LogP contribution in [0.2, 0.25) is 0 Å². The van der Waals surface area contributed by atoms with Gasteiger partial charge >= 0.3 is 5.51 Å². The van der Waals surface area contributed by atoms with Gasteiger partial charge < -0.3 is 10.4 Å². The molecule has 0 saturated heterocycles. The molecule has 0 atom stereocenters. The number of phenols is 1. The van der Waals surface area contributed by atoms with E-state index in [1.54, 1.807) is 0 Å². The molecule has 0 aliphatic carbocycles. The zero-order valence-electron chi connectivity index (χ0n) is 10.3. The van der Waals surface area contributed by atoms with Gasteiger partial charge in [0, 0.05) is 17.3 Å². The molecule has 0 radical (unpaired) electrons. The Kier molecular flexibility index (Phi) is 4.32. The van der Waals surface area contributed by atoms with Gasteiger partial charge in [-0.3, -0.25) is 9.78 Å². The smallest absolute Gasteiger partial charge is 0.446 e. The van der Waals surface area contributed by atoms with Crippen molar-refractivity contribution in [2.75, 3.05) is 5.32 Å². The van der Waals surface area contributed by atoms with Crippen molar-refractivity contribution < 1.29 is 23.1 Å². The standard InChI is InChI=1S/C12H8F3N3O2S/c13-12(14,15)21-7-1-2-10(19)8(5-7)18-11(20)9-6-16-3-4-17-9/h1-6,19H,(H,18,20). The van der Waals surface area contributed by atoms with Crippen molar-refractivity contribution in [1.29, 1.82) is 0 Å². The molecular formula is C12H8F3N3O2S. The van der Waals surface area contributed by atoms with Gasteiger partial charge in [-0.05, 0) is 30.0 Å². The van der Waals surface area contributed by atoms with Crippen LogP contribution in [0.1, 0.15) is 10.5 Å². The Labute approximate surface area is 121 Å². The summed E-state index contributed by atoms with van der Waals surface area (Å²) in [5, 5.41) is 11.9. The van der Waals surface area contributed by atoms with Crippen LogP contribution in [0.3, 0.4) is 0 Å². The molecule has 2 rings (SSSR count). The lowest BCUT2D eigenvalue weighted by Crippen LogP contribution is -2.14. The lowest BCUT2D eigenvalue weighted by Gasteiger charge is -2.10. The molecule has 1 heterocycles. The van der Waals surface area contributed by atoms with E-state index in [0.29, 0.717) is 0 Å². The van der Waals surface area contributed by atoms with Crippen LogP contribution in [0, 0.1) is 0 Å². The van der Waals surface area contributed by atoms with Crippen LogP contribution in [-0.2, 0) is 0 Å². The van der Waals surface area contributed by atoms with E-state index < -0.39 is 11.4 Å². The maximum atomic E-state index is 12.3. The Balaban J connectivity index is 2.20. The number of amides is 1. The lowest BCUT2D eigenvalue weighted by molar-refractivity contribution is -0.0328. The van der Waals surface area contributed by atoms with Crippen LogP contribution >= 0.6 is 11.8 Å². The van der Waals surface area contributed by atoms with Gasteiger partial charge in [-0.15, -0.1) is 0 Å². The number of carbonyl (C=O) groups is 1. The first-order chi connectivity index (χ1) is 9.85. The van der Waals surface area contributed by atoms with Crippen molar-refractivity contribution in [3.05, 3.63) is 42.5 Å². The van der Waals surface area contributed by atoms with Crippen molar-refractivity contribution in [2.24, 2.45) is 0 Å². The van der Waals surface area contributed by atoms with Crippen LogP contribution in [-0.4, -0.2) is 26.5 Å². The van der Waals surface area contributed by atoms with Crippen molar-refractivity contribution in [3.63, 3.8) is 0 Å². The van der Waals surface area contributed by atoms with E-state index in [1.807, 2.05) is 0 Å². The molecule has 1 amide bonds. The van der Waals surface area contributed by atoms with Gasteiger partial charge in [0.2, 0.25) is 0 Å². The Bertz CT molecular complexity index is 650. The molecule has 2 aromatic rings. The number of benzene rings is 1. The van der Waals surface area contributed by atoms with Crippen LogP contribution in [0.25, 0.3) is 0 Å². The number of aromatic nitrogens is 2. The number of rotatable bonds is 3. The molecule has 0 spiro atoms. The number of anilines is 1. The fraction of sp³-hybridized carbons (Fsp3) is 0.0833. The van der Waals surface area contributed by atoms with Crippen molar-refractivity contribution in [3.8, 4) is 5.75 Å². The topological polar surface area (TPSA) is 75.1 Å². The summed E-state index contributed by atoms with van der Waals surface area (Å²) in [6.07, 6.45) is 3.86. The third-order valence-electron chi connectivity index (χ3n) is 2.25. The summed E-state index contributed by atoms with van der Waals surface area (Å²) in [4.78, 5) is 19.1. The van der Waals surface area contributed by atoms with E-state index in [0.717, 1.165) is 18.2 Å². The van der Waals surface area contributed by atoms with Gasteiger partial charge in [-0.2, -0.15) is 13.2 Å². The number of nitrogens with zero attached hydrogens (tertiary/aromatic N) is 2. The summed E-state index contributed by atoms with van der Waals surface area (Å²) in [5.74, 6) is -1.04. The molecule has 0 aliphatic heterocycles. The minimum Gasteiger partial charge on any atom is -0.506 e. The fourth-order valence-corrected chi connectivity index (χ4v) is 2.00. The molecular weight excluding hydrogens is 307 g/mol. The molecule has 0 fully saturated rings. The average Bonchev–Trinajstić information content (AvgIpc) is 2.42. The zero-order valence-corrected chi connectivity index (χ0v) is 11.1. The van der Waals surface area contributed by atoms with E-state index in [4.69, 9.17) is 0 Å². The summed E-state index contributed by atoms with van der Waals surface area (Å²) in [7, 11) is 0. The maximum Gasteiger partial charge on any atom is 0.446 e. The number of thioether (sulfide) groups is 1. The third-order valence-corrected chi connectivity index (χ3v) is 2.97. The van der Waals surface area contributed by atoms with E-state index in [-0.39, 0.29) is 33.8 Å². The van der Waals surface area contributed by atoms with Crippen molar-refractivity contribution in [2.45, 2.75) is 10.4 Å². The number of nitrogens with one attached hydrogen (secondary N) is 1. The first-order valence-corrected chi connectivity index (χ1v) is 6.33. The number of alkyl halides is 3. The molecule has 110 valence electrons. The van der Waals surface area contributed by atoms with Gasteiger partial charge in [0.1, 0.15) is 11.4 Å². The summed E-state index contributed by atoms with van der Waals surface area (Å²) in [6.45, 7) is 0. The second-order valence-electron chi connectivity index (χ2n) is 3.77. The highest BCUT2D eigenvalue weighted by atomic mass is 32.2. The third kappa shape index (κ3) is 4.35. The van der Waals surface area contributed by atoms with E-state index in [2.05, 4.69) is 15.3 Å². The highest BCUT2D eigenvalue weighted by Crippen LogP contribution is 2.39. The van der Waals surface area contributed by atoms with Crippen LogP contribution in [0.5, 0.6) is 5.75 Å². The van der Waals surface area contributed by atoms with Crippen LogP contribution < -0.4 is 5.32 Å². The van der Waals surface area contributed by atoms with Crippen LogP contribution in [0.4, 0.5) is 18.9 Å². The van der Waals surface area contributed by atoms with E-state index in [1.165, 1.54) is 18.6 Å². The molecule has 0 aliphatic rings. The number of aromatic hydroxyl groups is 1. The van der Waals surface area contributed by atoms with E-state index in [9.17, 15) is 23.1 Å². The zero-order chi connectivity index (χ0) is 15.5. The number of phenolic OH excluding ortho intramolecular Hbond substituents is 1. The highest BCUT2D eigenvalue weighted by molar-refractivity contribution is 8.00. The number of hydrogen-bond acceptors (Lipinski definition) is 5. The van der Waals surface area contributed by atoms with Gasteiger partial charge in [-0.25, -0.2) is 4.98 Å². The SMILES string of the molecule is O=C(Nc1cc(SC(F)(F)F)ccc1O)c1cnccn1. The van der Waals surface area contributed by atoms with Gasteiger partial charge in [-0.1, -0.05) is 0 Å². The van der Waals surface area contributed by atoms with Gasteiger partial charge in [0.05, 0.1) is 11.9 Å². The molecule has 0 saturated carbocycles. The first-order valence-electron chi connectivity index (χ1n) is 5.51. The van der Waals surface area contributed by atoms with Crippen LogP contribution in [0.15, 0.2) is 41.7 Å². The molecule has 5 nitrogen and oxygen atoms in total. The molecule has 1 aromatic heterocycles. The van der Waals surface area contributed by atoms with Crippen molar-refractivity contribution in [1.82, 2.24) is 9.97 Å². The van der Waals surface area contributed by atoms with Gasteiger partial charge in [0.15, 0.2) is 0 Å². The first kappa shape index (κ1) is 15.1. The normalized spacial score (nSPS) is 11.2. The molecule has 0 unspecified atom stereocenters.